The Balaban J connectivity index is 1.62. The minimum Gasteiger partial charge on any atom is -0.322 e. The topological polar surface area (TPSA) is 75.3 Å². The predicted molar refractivity (Wildman–Crippen MR) is 115 cm³/mol. The van der Waals surface area contributed by atoms with Gasteiger partial charge in [-0.15, -0.1) is 0 Å². The van der Waals surface area contributed by atoms with E-state index in [1.165, 1.54) is 18.2 Å². The first-order valence-corrected chi connectivity index (χ1v) is 12.2. The van der Waals surface area contributed by atoms with E-state index in [0.29, 0.717) is 12.1 Å². The van der Waals surface area contributed by atoms with Crippen molar-refractivity contribution in [2.45, 2.75) is 41.9 Å². The Labute approximate surface area is 189 Å². The van der Waals surface area contributed by atoms with Crippen LogP contribution in [0.1, 0.15) is 36.0 Å². The first kappa shape index (κ1) is 23.1. The van der Waals surface area contributed by atoms with Gasteiger partial charge in [-0.3, -0.25) is 4.79 Å². The number of hydrogen-bond donors (Lipinski definition) is 2. The molecule has 0 radical (unpaired) electrons. The Hall–Kier alpha value is -2.10. The molecule has 1 amide bonds. The van der Waals surface area contributed by atoms with Gasteiger partial charge in [-0.2, -0.15) is 0 Å². The summed E-state index contributed by atoms with van der Waals surface area (Å²) in [5.74, 6) is -5.33. The number of benzene rings is 2. The second kappa shape index (κ2) is 8.68. The van der Waals surface area contributed by atoms with Gasteiger partial charge < -0.3 is 10.6 Å². The standard InChI is InChI=1S/C22H22ClF3N2O3S/c1-27-14-6-11-2-3-12(7-14)21(11)32(30,31)19-8-13(4-5-16(19)23)22(29)28-15-9-17(24)20(26)18(25)10-15/h4-5,8-12,14,21,27H,2-3,6-7H2,1H3,(H,28,29)/t11-,12-,14?,21?/m0/s1. The highest BCUT2D eigenvalue weighted by molar-refractivity contribution is 7.92. The van der Waals surface area contributed by atoms with Gasteiger partial charge in [0.1, 0.15) is 0 Å². The van der Waals surface area contributed by atoms with Crippen molar-refractivity contribution in [3.63, 3.8) is 0 Å². The summed E-state index contributed by atoms with van der Waals surface area (Å²) < 4.78 is 67.1. The number of anilines is 1. The second-order valence-electron chi connectivity index (χ2n) is 8.42. The van der Waals surface area contributed by atoms with Gasteiger partial charge >= 0.3 is 0 Å². The van der Waals surface area contributed by atoms with Crippen molar-refractivity contribution in [3.05, 3.63) is 58.4 Å². The zero-order chi connectivity index (χ0) is 23.2. The molecule has 0 unspecified atom stereocenters. The maximum atomic E-state index is 13.5. The van der Waals surface area contributed by atoms with Crippen LogP contribution < -0.4 is 10.6 Å². The summed E-state index contributed by atoms with van der Waals surface area (Å²) in [6.45, 7) is 0. The number of rotatable bonds is 5. The van der Waals surface area contributed by atoms with Gasteiger partial charge in [0.25, 0.3) is 5.91 Å². The van der Waals surface area contributed by atoms with Crippen molar-refractivity contribution >= 4 is 33.0 Å². The number of hydrogen-bond acceptors (Lipinski definition) is 4. The molecule has 2 saturated carbocycles. The summed E-state index contributed by atoms with van der Waals surface area (Å²) >= 11 is 6.23. The minimum absolute atomic E-state index is 0.00918. The Morgan fingerprint density at radius 2 is 1.62 bits per heavy atom. The molecule has 2 fully saturated rings. The fourth-order valence-corrected chi connectivity index (χ4v) is 7.93. The lowest BCUT2D eigenvalue weighted by Crippen LogP contribution is -2.43. The number of halogens is 4. The summed E-state index contributed by atoms with van der Waals surface area (Å²) in [5.41, 5.74) is -0.344. The lowest BCUT2D eigenvalue weighted by atomic mass is 9.85. The lowest BCUT2D eigenvalue weighted by Gasteiger charge is -2.35. The van der Waals surface area contributed by atoms with E-state index in [0.717, 1.165) is 25.7 Å². The Morgan fingerprint density at radius 3 is 2.19 bits per heavy atom. The van der Waals surface area contributed by atoms with Crippen LogP contribution in [0.15, 0.2) is 35.2 Å². The maximum Gasteiger partial charge on any atom is 0.255 e. The molecule has 0 saturated heterocycles. The lowest BCUT2D eigenvalue weighted by molar-refractivity contribution is 0.102. The average molecular weight is 487 g/mol. The molecule has 10 heteroatoms. The van der Waals surface area contributed by atoms with Crippen LogP contribution in [0.2, 0.25) is 5.02 Å². The molecule has 0 spiro atoms. The Kier molecular flexibility index (Phi) is 6.26. The zero-order valence-electron chi connectivity index (χ0n) is 17.2. The molecule has 2 aliphatic rings. The molecule has 2 N–H and O–H groups in total. The molecule has 0 aromatic heterocycles. The van der Waals surface area contributed by atoms with Crippen LogP contribution in [0, 0.1) is 29.3 Å². The smallest absolute Gasteiger partial charge is 0.255 e. The van der Waals surface area contributed by atoms with E-state index < -0.39 is 38.4 Å². The van der Waals surface area contributed by atoms with E-state index in [1.807, 2.05) is 7.05 Å². The van der Waals surface area contributed by atoms with Gasteiger partial charge in [-0.25, -0.2) is 21.6 Å². The monoisotopic (exact) mass is 486 g/mol. The van der Waals surface area contributed by atoms with Gasteiger partial charge in [0.2, 0.25) is 0 Å². The molecule has 172 valence electrons. The molecular weight excluding hydrogens is 465 g/mol. The van der Waals surface area contributed by atoms with Crippen LogP contribution in [0.4, 0.5) is 18.9 Å². The Morgan fingerprint density at radius 1 is 1.03 bits per heavy atom. The van der Waals surface area contributed by atoms with Crippen LogP contribution in [-0.4, -0.2) is 32.7 Å². The Bertz CT molecular complexity index is 1140. The van der Waals surface area contributed by atoms with Crippen LogP contribution in [0.5, 0.6) is 0 Å². The molecule has 5 nitrogen and oxygen atoms in total. The predicted octanol–water partition coefficient (Wildman–Crippen LogP) is 4.56. The third-order valence-electron chi connectivity index (χ3n) is 6.52. The minimum atomic E-state index is -3.82. The van der Waals surface area contributed by atoms with Gasteiger partial charge in [0.15, 0.2) is 27.3 Å². The molecule has 32 heavy (non-hydrogen) atoms. The molecule has 2 aromatic rings. The third kappa shape index (κ3) is 4.13. The number of fused-ring (bicyclic) bond motifs is 2. The molecule has 0 aliphatic heterocycles. The number of carbonyl (C=O) groups is 1. The summed E-state index contributed by atoms with van der Waals surface area (Å²) in [6, 6.07) is 5.38. The van der Waals surface area contributed by atoms with Crippen molar-refractivity contribution in [1.82, 2.24) is 5.32 Å². The average Bonchev–Trinajstić information content (AvgIpc) is 3.03. The first-order chi connectivity index (χ1) is 15.1. The second-order valence-corrected chi connectivity index (χ2v) is 10.9. The number of nitrogens with one attached hydrogen (secondary N) is 2. The van der Waals surface area contributed by atoms with Gasteiger partial charge in [0, 0.05) is 29.4 Å². The van der Waals surface area contributed by atoms with E-state index in [9.17, 15) is 26.4 Å². The highest BCUT2D eigenvalue weighted by Crippen LogP contribution is 2.48. The van der Waals surface area contributed by atoms with Crippen molar-refractivity contribution < 1.29 is 26.4 Å². The largest absolute Gasteiger partial charge is 0.322 e. The fourth-order valence-electron chi connectivity index (χ4n) is 5.06. The molecule has 2 bridgehead atoms. The third-order valence-corrected chi connectivity index (χ3v) is 9.40. The summed E-state index contributed by atoms with van der Waals surface area (Å²) in [4.78, 5) is 12.5. The van der Waals surface area contributed by atoms with Gasteiger partial charge in [-0.05, 0) is 62.8 Å². The van der Waals surface area contributed by atoms with Gasteiger partial charge in [-0.1, -0.05) is 11.6 Å². The van der Waals surface area contributed by atoms with Crippen molar-refractivity contribution in [2.24, 2.45) is 11.8 Å². The summed E-state index contributed by atoms with van der Waals surface area (Å²) in [6.07, 6.45) is 3.17. The summed E-state index contributed by atoms with van der Waals surface area (Å²) in [5, 5.41) is 4.94. The van der Waals surface area contributed by atoms with Crippen LogP contribution >= 0.6 is 11.6 Å². The molecule has 2 aliphatic carbocycles. The van der Waals surface area contributed by atoms with E-state index in [2.05, 4.69) is 10.6 Å². The highest BCUT2D eigenvalue weighted by atomic mass is 35.5. The molecule has 0 heterocycles. The SMILES string of the molecule is CNC1C[C@@H]2CC[C@@H](C1)C2S(=O)(=O)c1cc(C(=O)Nc2cc(F)c(F)c(F)c2)ccc1Cl. The summed E-state index contributed by atoms with van der Waals surface area (Å²) in [7, 11) is -1.95. The van der Waals surface area contributed by atoms with Gasteiger partial charge in [0.05, 0.1) is 15.2 Å². The van der Waals surface area contributed by atoms with E-state index in [-0.39, 0.29) is 39.0 Å². The van der Waals surface area contributed by atoms with Crippen LogP contribution in [0.3, 0.4) is 0 Å². The number of carbonyl (C=O) groups excluding carboxylic acids is 1. The fraction of sp³-hybridized carbons (Fsp3) is 0.409. The van der Waals surface area contributed by atoms with Crippen LogP contribution in [-0.2, 0) is 9.84 Å². The first-order valence-electron chi connectivity index (χ1n) is 10.3. The molecule has 2 aromatic carbocycles. The maximum absolute atomic E-state index is 13.5. The number of amides is 1. The molecule has 2 atom stereocenters. The van der Waals surface area contributed by atoms with E-state index in [1.54, 1.807) is 0 Å². The zero-order valence-corrected chi connectivity index (χ0v) is 18.7. The van der Waals surface area contributed by atoms with Crippen molar-refractivity contribution in [2.75, 3.05) is 12.4 Å². The van der Waals surface area contributed by atoms with Crippen molar-refractivity contribution in [1.29, 1.82) is 0 Å². The molecular formula is C22H22ClF3N2O3S. The van der Waals surface area contributed by atoms with Crippen molar-refractivity contribution in [3.8, 4) is 0 Å². The quantitative estimate of drug-likeness (QED) is 0.607. The normalized spacial score (nSPS) is 25.0. The molecule has 4 rings (SSSR count). The van der Waals surface area contributed by atoms with E-state index in [4.69, 9.17) is 11.6 Å². The van der Waals surface area contributed by atoms with E-state index >= 15 is 0 Å². The van der Waals surface area contributed by atoms with Crippen LogP contribution in [0.25, 0.3) is 0 Å². The number of sulfone groups is 1. The highest BCUT2D eigenvalue weighted by Gasteiger charge is 2.49.